The maximum Gasteiger partial charge on any atom is 0.145 e. The van der Waals surface area contributed by atoms with E-state index in [0.717, 1.165) is 13.1 Å². The number of hydrogen-bond acceptors (Lipinski definition) is 2. The first-order chi connectivity index (χ1) is 5.07. The summed E-state index contributed by atoms with van der Waals surface area (Å²) in [5, 5.41) is 0. The molecule has 0 saturated heterocycles. The van der Waals surface area contributed by atoms with E-state index in [1.807, 2.05) is 7.05 Å². The lowest BCUT2D eigenvalue weighted by molar-refractivity contribution is -0.113. The molecule has 0 amide bonds. The molecule has 0 rings (SSSR count). The molecule has 60 valence electrons. The maximum atomic E-state index is 10.6. The number of rotatable bonds is 4. The van der Waals surface area contributed by atoms with E-state index in [0.29, 0.717) is 5.47 Å². The predicted molar refractivity (Wildman–Crippen MR) is 47.7 cm³/mol. The van der Waals surface area contributed by atoms with Crippen LogP contribution in [0, 0.1) is 0 Å². The maximum absolute atomic E-state index is 10.6. The van der Waals surface area contributed by atoms with Crippen molar-refractivity contribution in [3.8, 4) is 0 Å². The van der Waals surface area contributed by atoms with Crippen LogP contribution in [-0.4, -0.2) is 38.7 Å². The van der Waals surface area contributed by atoms with Crippen molar-refractivity contribution >= 4 is 13.6 Å². The molecule has 11 heavy (non-hydrogen) atoms. The molecular weight excluding hydrogens is 137 g/mol. The van der Waals surface area contributed by atoms with Crippen LogP contribution in [0.25, 0.3) is 0 Å². The summed E-state index contributed by atoms with van der Waals surface area (Å²) in [4.78, 5) is 12.7. The smallest absolute Gasteiger partial charge is 0.145 e. The van der Waals surface area contributed by atoms with Crippen molar-refractivity contribution < 1.29 is 4.79 Å². The van der Waals surface area contributed by atoms with E-state index in [9.17, 15) is 4.79 Å². The van der Waals surface area contributed by atoms with Gasteiger partial charge in [-0.1, -0.05) is 18.5 Å². The molecule has 0 spiro atoms. The Balaban J connectivity index is 3.82. The topological polar surface area (TPSA) is 20.3 Å². The van der Waals surface area contributed by atoms with Crippen LogP contribution >= 0.6 is 0 Å². The van der Waals surface area contributed by atoms with Gasteiger partial charge in [-0.15, -0.1) is 0 Å². The van der Waals surface area contributed by atoms with Gasteiger partial charge in [-0.3, -0.25) is 4.79 Å². The largest absolute Gasteiger partial charge is 0.303 e. The Morgan fingerprint density at radius 2 is 2.18 bits per heavy atom. The van der Waals surface area contributed by atoms with Crippen molar-refractivity contribution in [1.82, 2.24) is 4.90 Å². The number of carbonyl (C=O) groups excluding carboxylic acids is 1. The normalized spacial score (nSPS) is 12.2. The van der Waals surface area contributed by atoms with E-state index < -0.39 is 0 Å². The SMILES string of the molecule is [B]/C(=C\CN(C)CC)C(C)=O. The second kappa shape index (κ2) is 5.13. The van der Waals surface area contributed by atoms with E-state index >= 15 is 0 Å². The van der Waals surface area contributed by atoms with Gasteiger partial charge < -0.3 is 4.90 Å². The fourth-order valence-electron chi connectivity index (χ4n) is 0.527. The zero-order chi connectivity index (χ0) is 8.85. The molecule has 0 aromatic carbocycles. The molecule has 0 unspecified atom stereocenters. The highest BCUT2D eigenvalue weighted by Crippen LogP contribution is 1.90. The average Bonchev–Trinajstić information content (AvgIpc) is 1.99. The number of hydrogen-bond donors (Lipinski definition) is 0. The Hall–Kier alpha value is -0.565. The minimum atomic E-state index is -0.0606. The van der Waals surface area contributed by atoms with E-state index in [2.05, 4.69) is 11.8 Å². The summed E-state index contributed by atoms with van der Waals surface area (Å²) in [6.07, 6.45) is 1.74. The number of ketones is 1. The lowest BCUT2D eigenvalue weighted by atomic mass is 9.92. The first kappa shape index (κ1) is 10.4. The molecule has 0 aliphatic rings. The number of carbonyl (C=O) groups is 1. The van der Waals surface area contributed by atoms with Gasteiger partial charge in [0.05, 0.1) is 0 Å². The summed E-state index contributed by atoms with van der Waals surface area (Å²) in [7, 11) is 7.38. The van der Waals surface area contributed by atoms with Crippen LogP contribution in [0.15, 0.2) is 11.5 Å². The summed E-state index contributed by atoms with van der Waals surface area (Å²) in [6, 6.07) is 0. The standard InChI is InChI=1S/C8H14BNO/c1-4-10(3)6-5-8(9)7(2)11/h5H,4,6H2,1-3H3/b8-5-. The van der Waals surface area contributed by atoms with Crippen molar-refractivity contribution in [2.75, 3.05) is 20.1 Å². The third-order valence-corrected chi connectivity index (χ3v) is 1.57. The van der Waals surface area contributed by atoms with Crippen LogP contribution in [0.1, 0.15) is 13.8 Å². The number of Topliss-reactive ketones (excluding diaryl/α,β-unsaturated/α-hetero) is 1. The van der Waals surface area contributed by atoms with Crippen LogP contribution < -0.4 is 0 Å². The number of nitrogens with zero attached hydrogens (tertiary/aromatic N) is 1. The van der Waals surface area contributed by atoms with Crippen LogP contribution in [-0.2, 0) is 4.79 Å². The number of allylic oxidation sites excluding steroid dienone is 1. The van der Waals surface area contributed by atoms with Gasteiger partial charge in [-0.25, -0.2) is 0 Å². The Morgan fingerprint density at radius 1 is 1.64 bits per heavy atom. The molecule has 0 aliphatic carbocycles. The van der Waals surface area contributed by atoms with Crippen LogP contribution in [0.4, 0.5) is 0 Å². The third kappa shape index (κ3) is 4.79. The molecule has 0 aliphatic heterocycles. The number of likely N-dealkylation sites (N-methyl/N-ethyl adjacent to an activating group) is 1. The summed E-state index contributed by atoms with van der Waals surface area (Å²) >= 11 is 0. The summed E-state index contributed by atoms with van der Waals surface area (Å²) in [6.45, 7) is 5.22. The van der Waals surface area contributed by atoms with Gasteiger partial charge in [0.15, 0.2) is 0 Å². The van der Waals surface area contributed by atoms with Gasteiger partial charge in [-0.2, -0.15) is 0 Å². The Bertz CT molecular complexity index is 165. The molecule has 2 radical (unpaired) electrons. The molecule has 0 heterocycles. The predicted octanol–water partition coefficient (Wildman–Crippen LogP) is 0.580. The van der Waals surface area contributed by atoms with Crippen molar-refractivity contribution in [3.05, 3.63) is 11.5 Å². The van der Waals surface area contributed by atoms with Crippen molar-refractivity contribution in [3.63, 3.8) is 0 Å². The van der Waals surface area contributed by atoms with Gasteiger partial charge in [0.25, 0.3) is 0 Å². The molecule has 0 bridgehead atoms. The van der Waals surface area contributed by atoms with E-state index in [1.54, 1.807) is 6.08 Å². The first-order valence-electron chi connectivity index (χ1n) is 3.73. The molecule has 0 fully saturated rings. The highest BCUT2D eigenvalue weighted by molar-refractivity contribution is 6.36. The van der Waals surface area contributed by atoms with E-state index in [1.165, 1.54) is 6.92 Å². The highest BCUT2D eigenvalue weighted by Gasteiger charge is 1.95. The summed E-state index contributed by atoms with van der Waals surface area (Å²) < 4.78 is 0. The van der Waals surface area contributed by atoms with Crippen molar-refractivity contribution in [2.45, 2.75) is 13.8 Å². The Morgan fingerprint density at radius 3 is 2.55 bits per heavy atom. The molecule has 0 aromatic heterocycles. The third-order valence-electron chi connectivity index (χ3n) is 1.57. The van der Waals surface area contributed by atoms with E-state index in [-0.39, 0.29) is 5.78 Å². The summed E-state index contributed by atoms with van der Waals surface area (Å²) in [5.41, 5.74) is 0.352. The Kier molecular flexibility index (Phi) is 4.87. The van der Waals surface area contributed by atoms with Gasteiger partial charge in [0.2, 0.25) is 0 Å². The molecule has 0 aromatic rings. The lowest BCUT2D eigenvalue weighted by Crippen LogP contribution is -2.18. The second-order valence-electron chi connectivity index (χ2n) is 2.57. The molecule has 3 heteroatoms. The van der Waals surface area contributed by atoms with Crippen LogP contribution in [0.5, 0.6) is 0 Å². The Labute approximate surface area is 69.7 Å². The average molecular weight is 151 g/mol. The van der Waals surface area contributed by atoms with Gasteiger partial charge in [0.1, 0.15) is 13.6 Å². The van der Waals surface area contributed by atoms with Gasteiger partial charge in [0, 0.05) is 6.54 Å². The molecule has 2 nitrogen and oxygen atoms in total. The zero-order valence-corrected chi connectivity index (χ0v) is 7.42. The zero-order valence-electron chi connectivity index (χ0n) is 7.42. The monoisotopic (exact) mass is 151 g/mol. The molecule has 0 N–H and O–H groups in total. The minimum Gasteiger partial charge on any atom is -0.303 e. The molecule has 0 saturated carbocycles. The second-order valence-corrected chi connectivity index (χ2v) is 2.57. The summed E-state index contributed by atoms with van der Waals surface area (Å²) in [5.74, 6) is -0.0606. The first-order valence-corrected chi connectivity index (χ1v) is 3.73. The van der Waals surface area contributed by atoms with Gasteiger partial charge >= 0.3 is 0 Å². The van der Waals surface area contributed by atoms with Crippen molar-refractivity contribution in [2.24, 2.45) is 0 Å². The minimum absolute atomic E-state index is 0.0606. The lowest BCUT2D eigenvalue weighted by Gasteiger charge is -2.10. The fraction of sp³-hybridized carbons (Fsp3) is 0.625. The van der Waals surface area contributed by atoms with Crippen LogP contribution in [0.3, 0.4) is 0 Å². The molecular formula is C8H14BNO. The van der Waals surface area contributed by atoms with E-state index in [4.69, 9.17) is 7.85 Å². The highest BCUT2D eigenvalue weighted by atomic mass is 16.1. The fourth-order valence-corrected chi connectivity index (χ4v) is 0.527. The quantitative estimate of drug-likeness (QED) is 0.432. The van der Waals surface area contributed by atoms with Crippen molar-refractivity contribution in [1.29, 1.82) is 0 Å². The van der Waals surface area contributed by atoms with Gasteiger partial charge in [-0.05, 0) is 20.5 Å². The van der Waals surface area contributed by atoms with Crippen LogP contribution in [0.2, 0.25) is 0 Å². The molecule has 0 atom stereocenters.